The molecule has 3 rings (SSSR count). The van der Waals surface area contributed by atoms with Crippen molar-refractivity contribution in [1.82, 2.24) is 15.3 Å². The third-order valence-corrected chi connectivity index (χ3v) is 5.77. The highest BCUT2D eigenvalue weighted by Gasteiger charge is 2.15. The molecule has 0 spiro atoms. The van der Waals surface area contributed by atoms with Gasteiger partial charge in [-0.25, -0.2) is 13.4 Å². The Morgan fingerprint density at radius 1 is 1.19 bits per heavy atom. The van der Waals surface area contributed by atoms with Gasteiger partial charge in [0.05, 0.1) is 41.0 Å². The van der Waals surface area contributed by atoms with E-state index in [9.17, 15) is 13.2 Å². The molecule has 0 fully saturated rings. The molecular weight excluding hydrogens is 366 g/mol. The van der Waals surface area contributed by atoms with Crippen molar-refractivity contribution in [3.05, 3.63) is 54.4 Å². The van der Waals surface area contributed by atoms with Gasteiger partial charge < -0.3 is 15.0 Å². The Morgan fingerprint density at radius 3 is 2.70 bits per heavy atom. The van der Waals surface area contributed by atoms with E-state index in [-0.39, 0.29) is 29.5 Å². The van der Waals surface area contributed by atoms with Gasteiger partial charge in [0.1, 0.15) is 5.75 Å². The lowest BCUT2D eigenvalue weighted by Gasteiger charge is -2.08. The number of sulfone groups is 1. The van der Waals surface area contributed by atoms with Gasteiger partial charge in [0.15, 0.2) is 9.84 Å². The summed E-state index contributed by atoms with van der Waals surface area (Å²) in [6.45, 7) is 2.44. The zero-order valence-electron chi connectivity index (χ0n) is 14.9. The molecule has 1 heterocycles. The summed E-state index contributed by atoms with van der Waals surface area (Å²) < 4.78 is 30.0. The predicted molar refractivity (Wildman–Crippen MR) is 102 cm³/mol. The van der Waals surface area contributed by atoms with E-state index in [4.69, 9.17) is 4.74 Å². The van der Waals surface area contributed by atoms with Gasteiger partial charge in [-0.2, -0.15) is 0 Å². The highest BCUT2D eigenvalue weighted by molar-refractivity contribution is 7.91. The summed E-state index contributed by atoms with van der Waals surface area (Å²) in [6.07, 6.45) is 1.78. The zero-order valence-corrected chi connectivity index (χ0v) is 15.8. The number of aromatic nitrogens is 2. The Hall–Kier alpha value is -2.87. The van der Waals surface area contributed by atoms with E-state index in [1.807, 2.05) is 25.1 Å². The topological polar surface area (TPSA) is 101 Å². The van der Waals surface area contributed by atoms with E-state index in [2.05, 4.69) is 15.3 Å². The van der Waals surface area contributed by atoms with Crippen molar-refractivity contribution >= 4 is 26.8 Å². The van der Waals surface area contributed by atoms with Crippen LogP contribution in [0.2, 0.25) is 0 Å². The third-order valence-electron chi connectivity index (χ3n) is 4.04. The van der Waals surface area contributed by atoms with Crippen LogP contribution >= 0.6 is 0 Å². The number of hydrogen-bond donors (Lipinski definition) is 2. The lowest BCUT2D eigenvalue weighted by molar-refractivity contribution is -0.120. The van der Waals surface area contributed by atoms with E-state index in [0.29, 0.717) is 12.4 Å². The fourth-order valence-electron chi connectivity index (χ4n) is 2.69. The van der Waals surface area contributed by atoms with Crippen LogP contribution < -0.4 is 10.1 Å². The Kier molecular flexibility index (Phi) is 5.75. The van der Waals surface area contributed by atoms with E-state index < -0.39 is 9.84 Å². The zero-order chi connectivity index (χ0) is 19.3. The van der Waals surface area contributed by atoms with Crippen molar-refractivity contribution in [3.63, 3.8) is 0 Å². The molecule has 2 N–H and O–H groups in total. The van der Waals surface area contributed by atoms with Crippen molar-refractivity contribution in [2.45, 2.75) is 18.2 Å². The van der Waals surface area contributed by atoms with Crippen LogP contribution in [0.25, 0.3) is 11.0 Å². The maximum atomic E-state index is 12.4. The van der Waals surface area contributed by atoms with Crippen molar-refractivity contribution < 1.29 is 17.9 Å². The van der Waals surface area contributed by atoms with Crippen LogP contribution in [0.15, 0.2) is 53.7 Å². The van der Waals surface area contributed by atoms with Gasteiger partial charge in [0.25, 0.3) is 0 Å². The predicted octanol–water partition coefficient (Wildman–Crippen LogP) is 2.09. The van der Waals surface area contributed by atoms with Crippen LogP contribution in [0.1, 0.15) is 12.5 Å². The van der Waals surface area contributed by atoms with Crippen LogP contribution in [0.5, 0.6) is 5.75 Å². The number of hydrogen-bond acceptors (Lipinski definition) is 5. The highest BCUT2D eigenvalue weighted by Crippen LogP contribution is 2.17. The monoisotopic (exact) mass is 387 g/mol. The van der Waals surface area contributed by atoms with Gasteiger partial charge in [-0.15, -0.1) is 0 Å². The van der Waals surface area contributed by atoms with Crippen LogP contribution in [-0.4, -0.2) is 43.2 Å². The molecule has 1 aromatic heterocycles. The number of ether oxygens (including phenoxy) is 1. The molecule has 0 aliphatic rings. The molecule has 0 saturated carbocycles. The minimum absolute atomic E-state index is 0.0562. The average molecular weight is 387 g/mol. The van der Waals surface area contributed by atoms with Crippen LogP contribution in [0.3, 0.4) is 0 Å². The number of amides is 1. The molecule has 0 radical (unpaired) electrons. The summed E-state index contributed by atoms with van der Waals surface area (Å²) in [5.41, 5.74) is 2.53. The molecule has 0 saturated heterocycles. The second kappa shape index (κ2) is 8.22. The number of aromatic amines is 1. The molecule has 0 bridgehead atoms. The van der Waals surface area contributed by atoms with E-state index >= 15 is 0 Å². The molecule has 1 amide bonds. The van der Waals surface area contributed by atoms with E-state index in [1.54, 1.807) is 18.5 Å². The molecule has 0 atom stereocenters. The van der Waals surface area contributed by atoms with Crippen molar-refractivity contribution in [2.24, 2.45) is 0 Å². The maximum Gasteiger partial charge on any atom is 0.224 e. The SMILES string of the molecule is CCOc1ccc(S(=O)(=O)CCNC(=O)Cc2ccc3nc[nH]c3c2)cc1. The van der Waals surface area contributed by atoms with Crippen LogP contribution in [0.4, 0.5) is 0 Å². The number of carbonyl (C=O) groups is 1. The second-order valence-electron chi connectivity index (χ2n) is 6.00. The summed E-state index contributed by atoms with van der Waals surface area (Å²) in [4.78, 5) is 19.4. The lowest BCUT2D eigenvalue weighted by atomic mass is 10.1. The first-order chi connectivity index (χ1) is 13.0. The fraction of sp³-hybridized carbons (Fsp3) is 0.263. The maximum absolute atomic E-state index is 12.4. The smallest absolute Gasteiger partial charge is 0.224 e. The molecule has 0 aliphatic carbocycles. The number of carbonyl (C=O) groups excluding carboxylic acids is 1. The number of benzene rings is 2. The second-order valence-corrected chi connectivity index (χ2v) is 8.11. The lowest BCUT2D eigenvalue weighted by Crippen LogP contribution is -2.30. The molecule has 8 heteroatoms. The Labute approximate surface area is 157 Å². The van der Waals surface area contributed by atoms with Gasteiger partial charge in [0.2, 0.25) is 5.91 Å². The number of nitrogens with zero attached hydrogens (tertiary/aromatic N) is 1. The van der Waals surface area contributed by atoms with E-state index in [0.717, 1.165) is 16.6 Å². The first kappa shape index (κ1) is 18.9. The first-order valence-electron chi connectivity index (χ1n) is 8.62. The number of imidazole rings is 1. The van der Waals surface area contributed by atoms with Crippen LogP contribution in [-0.2, 0) is 21.1 Å². The molecule has 142 valence electrons. The van der Waals surface area contributed by atoms with Crippen molar-refractivity contribution in [3.8, 4) is 5.75 Å². The number of H-pyrrole nitrogens is 1. The highest BCUT2D eigenvalue weighted by atomic mass is 32.2. The number of nitrogens with one attached hydrogen (secondary N) is 2. The molecule has 2 aromatic carbocycles. The van der Waals surface area contributed by atoms with Crippen molar-refractivity contribution in [1.29, 1.82) is 0 Å². The molecular formula is C19H21N3O4S. The summed E-state index contributed by atoms with van der Waals surface area (Å²) >= 11 is 0. The normalized spacial score (nSPS) is 11.4. The number of rotatable bonds is 8. The molecule has 27 heavy (non-hydrogen) atoms. The van der Waals surface area contributed by atoms with Gasteiger partial charge >= 0.3 is 0 Å². The number of fused-ring (bicyclic) bond motifs is 1. The van der Waals surface area contributed by atoms with E-state index in [1.165, 1.54) is 12.1 Å². The van der Waals surface area contributed by atoms with Gasteiger partial charge in [-0.1, -0.05) is 6.07 Å². The van der Waals surface area contributed by atoms with Gasteiger partial charge in [-0.3, -0.25) is 4.79 Å². The summed E-state index contributed by atoms with van der Waals surface area (Å²) in [7, 11) is -3.47. The summed E-state index contributed by atoms with van der Waals surface area (Å²) in [6, 6.07) is 11.8. The Balaban J connectivity index is 1.52. The summed E-state index contributed by atoms with van der Waals surface area (Å²) in [5.74, 6) is 0.238. The quantitative estimate of drug-likeness (QED) is 0.616. The molecule has 0 aliphatic heterocycles. The molecule has 7 nitrogen and oxygen atoms in total. The van der Waals surface area contributed by atoms with Gasteiger partial charge in [0, 0.05) is 6.54 Å². The summed E-state index contributed by atoms with van der Waals surface area (Å²) in [5, 5.41) is 2.66. The van der Waals surface area contributed by atoms with Gasteiger partial charge in [-0.05, 0) is 48.9 Å². The Morgan fingerprint density at radius 2 is 1.96 bits per heavy atom. The van der Waals surface area contributed by atoms with Crippen molar-refractivity contribution in [2.75, 3.05) is 18.9 Å². The standard InChI is InChI=1S/C19H21N3O4S/c1-2-26-15-4-6-16(7-5-15)27(24,25)10-9-20-19(23)12-14-3-8-17-18(11-14)22-13-21-17/h3-8,11,13H,2,9-10,12H2,1H3,(H,20,23)(H,21,22). The first-order valence-corrected chi connectivity index (χ1v) is 10.3. The third kappa shape index (κ3) is 4.85. The average Bonchev–Trinajstić information content (AvgIpc) is 3.10. The minimum atomic E-state index is -3.47. The molecule has 3 aromatic rings. The molecule has 0 unspecified atom stereocenters. The fourth-order valence-corrected chi connectivity index (χ4v) is 3.85. The minimum Gasteiger partial charge on any atom is -0.494 e. The largest absolute Gasteiger partial charge is 0.494 e. The Bertz CT molecular complexity index is 1030. The van der Waals surface area contributed by atoms with Crippen LogP contribution in [0, 0.1) is 0 Å².